The topological polar surface area (TPSA) is 69.9 Å². The molecule has 92 valence electrons. The maximum atomic E-state index is 11.0. The van der Waals surface area contributed by atoms with Crippen molar-refractivity contribution >= 4 is 24.8 Å². The number of carboxylic acids is 1. The van der Waals surface area contributed by atoms with Crippen LogP contribution in [0, 0.1) is 0 Å². The van der Waals surface area contributed by atoms with Crippen LogP contribution in [0.15, 0.2) is 29.3 Å². The Hall–Kier alpha value is -1.49. The number of aliphatic imine (C=N–C) groups is 1. The van der Waals surface area contributed by atoms with E-state index in [1.54, 1.807) is 32.0 Å². The smallest absolute Gasteiger partial charge is 0.329 e. The molecular formula is C12H15NO3S. The van der Waals surface area contributed by atoms with Gasteiger partial charge in [0.25, 0.3) is 0 Å². The number of para-hydroxylation sites is 1. The van der Waals surface area contributed by atoms with E-state index in [0.717, 1.165) is 0 Å². The van der Waals surface area contributed by atoms with Gasteiger partial charge in [0.05, 0.1) is 0 Å². The Kier molecular flexibility index (Phi) is 4.17. The van der Waals surface area contributed by atoms with Gasteiger partial charge in [0.1, 0.15) is 5.75 Å². The van der Waals surface area contributed by atoms with Gasteiger partial charge in [-0.15, -0.1) is 0 Å². The highest BCUT2D eigenvalue weighted by molar-refractivity contribution is 7.81. The number of benzene rings is 1. The number of hydrogen-bond donors (Lipinski definition) is 3. The van der Waals surface area contributed by atoms with Crippen molar-refractivity contribution in [1.82, 2.24) is 0 Å². The van der Waals surface area contributed by atoms with Crippen molar-refractivity contribution in [2.75, 3.05) is 0 Å². The first-order chi connectivity index (χ1) is 7.82. The van der Waals surface area contributed by atoms with Crippen molar-refractivity contribution < 1.29 is 15.0 Å². The lowest BCUT2D eigenvalue weighted by Crippen LogP contribution is -2.36. The van der Waals surface area contributed by atoms with Crippen molar-refractivity contribution in [1.29, 1.82) is 0 Å². The fraction of sp³-hybridized carbons (Fsp3) is 0.333. The first-order valence-electron chi connectivity index (χ1n) is 5.08. The van der Waals surface area contributed by atoms with E-state index in [2.05, 4.69) is 17.6 Å². The third kappa shape index (κ3) is 3.78. The lowest BCUT2D eigenvalue weighted by atomic mass is 10.0. The fourth-order valence-corrected chi connectivity index (χ4v) is 1.48. The first-order valence-corrected chi connectivity index (χ1v) is 5.53. The molecule has 0 aliphatic carbocycles. The molecular weight excluding hydrogens is 238 g/mol. The zero-order chi connectivity index (χ0) is 13.1. The highest BCUT2D eigenvalue weighted by Crippen LogP contribution is 2.21. The predicted molar refractivity (Wildman–Crippen MR) is 70.2 cm³/mol. The molecule has 2 N–H and O–H groups in total. The number of phenols is 1. The van der Waals surface area contributed by atoms with Crippen LogP contribution in [-0.2, 0) is 4.79 Å². The molecule has 0 radical (unpaired) electrons. The largest absolute Gasteiger partial charge is 0.507 e. The number of rotatable bonds is 4. The van der Waals surface area contributed by atoms with Gasteiger partial charge in [0.15, 0.2) is 6.04 Å². The molecule has 0 bridgehead atoms. The van der Waals surface area contributed by atoms with E-state index in [1.165, 1.54) is 12.3 Å². The Morgan fingerprint density at radius 2 is 2.06 bits per heavy atom. The lowest BCUT2D eigenvalue weighted by Gasteiger charge is -2.22. The number of phenolic OH excluding ortho intramolecular Hbond substituents is 1. The fourth-order valence-electron chi connectivity index (χ4n) is 1.30. The number of aliphatic carboxylic acids is 1. The van der Waals surface area contributed by atoms with Gasteiger partial charge in [-0.2, -0.15) is 12.6 Å². The van der Waals surface area contributed by atoms with Crippen molar-refractivity contribution in [2.24, 2.45) is 4.99 Å². The van der Waals surface area contributed by atoms with Gasteiger partial charge in [-0.3, -0.25) is 4.99 Å². The highest BCUT2D eigenvalue weighted by atomic mass is 32.1. The van der Waals surface area contributed by atoms with E-state index in [-0.39, 0.29) is 5.75 Å². The molecule has 4 nitrogen and oxygen atoms in total. The van der Waals surface area contributed by atoms with E-state index >= 15 is 0 Å². The minimum Gasteiger partial charge on any atom is -0.507 e. The second-order valence-electron chi connectivity index (χ2n) is 4.23. The van der Waals surface area contributed by atoms with Crippen LogP contribution >= 0.6 is 12.6 Å². The lowest BCUT2D eigenvalue weighted by molar-refractivity contribution is -0.138. The van der Waals surface area contributed by atoms with E-state index in [0.29, 0.717) is 5.56 Å². The Labute approximate surface area is 105 Å². The third-order valence-electron chi connectivity index (χ3n) is 2.20. The number of carboxylic acid groups (broad SMARTS) is 1. The van der Waals surface area contributed by atoms with E-state index in [4.69, 9.17) is 5.11 Å². The highest BCUT2D eigenvalue weighted by Gasteiger charge is 2.31. The van der Waals surface area contributed by atoms with E-state index in [9.17, 15) is 9.90 Å². The van der Waals surface area contributed by atoms with E-state index < -0.39 is 16.8 Å². The van der Waals surface area contributed by atoms with Gasteiger partial charge in [-0.1, -0.05) is 12.1 Å². The molecule has 0 saturated carbocycles. The minimum atomic E-state index is -1.04. The number of thiol groups is 1. The monoisotopic (exact) mass is 253 g/mol. The molecule has 5 heteroatoms. The maximum absolute atomic E-state index is 11.0. The predicted octanol–water partition coefficient (Wildman–Crippen LogP) is 1.97. The molecule has 0 aliphatic rings. The third-order valence-corrected chi connectivity index (χ3v) is 2.45. The second kappa shape index (κ2) is 5.23. The van der Waals surface area contributed by atoms with Crippen LogP contribution in [-0.4, -0.2) is 33.2 Å². The Bertz CT molecular complexity index is 438. The normalized spacial score (nSPS) is 13.8. The van der Waals surface area contributed by atoms with Crippen molar-refractivity contribution in [3.8, 4) is 5.75 Å². The number of nitrogens with zero attached hydrogens (tertiary/aromatic N) is 1. The van der Waals surface area contributed by atoms with Gasteiger partial charge >= 0.3 is 5.97 Å². The summed E-state index contributed by atoms with van der Waals surface area (Å²) >= 11 is 4.20. The molecule has 1 aromatic rings. The first kappa shape index (κ1) is 13.6. The molecule has 0 spiro atoms. The average molecular weight is 253 g/mol. The molecule has 0 amide bonds. The zero-order valence-electron chi connectivity index (χ0n) is 9.66. The quantitative estimate of drug-likeness (QED) is 0.567. The zero-order valence-corrected chi connectivity index (χ0v) is 10.6. The van der Waals surface area contributed by atoms with Crippen LogP contribution in [0.2, 0.25) is 0 Å². The molecule has 0 fully saturated rings. The number of aromatic hydroxyl groups is 1. The summed E-state index contributed by atoms with van der Waals surface area (Å²) < 4.78 is -0.771. The summed E-state index contributed by atoms with van der Waals surface area (Å²) in [7, 11) is 0. The molecule has 0 heterocycles. The summed E-state index contributed by atoms with van der Waals surface area (Å²) in [5.74, 6) is -0.978. The molecule has 1 unspecified atom stereocenters. The summed E-state index contributed by atoms with van der Waals surface area (Å²) in [6, 6.07) is 5.63. The molecule has 1 atom stereocenters. The van der Waals surface area contributed by atoms with Crippen LogP contribution in [0.5, 0.6) is 5.75 Å². The summed E-state index contributed by atoms with van der Waals surface area (Å²) in [6.45, 7) is 3.36. The molecule has 17 heavy (non-hydrogen) atoms. The van der Waals surface area contributed by atoms with Gasteiger partial charge < -0.3 is 10.2 Å². The van der Waals surface area contributed by atoms with Gasteiger partial charge in [0, 0.05) is 16.5 Å². The summed E-state index contributed by atoms with van der Waals surface area (Å²) in [6.07, 6.45) is 1.35. The van der Waals surface area contributed by atoms with Crippen LogP contribution in [0.3, 0.4) is 0 Å². The maximum Gasteiger partial charge on any atom is 0.329 e. The molecule has 0 saturated heterocycles. The Balaban J connectivity index is 2.96. The van der Waals surface area contributed by atoms with Gasteiger partial charge in [0.2, 0.25) is 0 Å². The van der Waals surface area contributed by atoms with Crippen molar-refractivity contribution in [3.63, 3.8) is 0 Å². The standard InChI is InChI=1S/C12H15NO3S/c1-12(2,17)10(11(15)16)13-7-8-5-3-4-6-9(8)14/h3-7,10,14,17H,1-2H3,(H,15,16). The molecule has 0 aliphatic heterocycles. The van der Waals surface area contributed by atoms with Gasteiger partial charge in [-0.25, -0.2) is 4.79 Å². The summed E-state index contributed by atoms with van der Waals surface area (Å²) in [5.41, 5.74) is 0.483. The number of carbonyl (C=O) groups is 1. The van der Waals surface area contributed by atoms with Crippen LogP contribution in [0.1, 0.15) is 19.4 Å². The second-order valence-corrected chi connectivity index (χ2v) is 5.38. The summed E-state index contributed by atoms with van der Waals surface area (Å²) in [5, 5.41) is 18.5. The molecule has 1 aromatic carbocycles. The minimum absolute atomic E-state index is 0.0670. The van der Waals surface area contributed by atoms with Crippen molar-refractivity contribution in [2.45, 2.75) is 24.6 Å². The molecule has 0 aromatic heterocycles. The van der Waals surface area contributed by atoms with Crippen LogP contribution in [0.4, 0.5) is 0 Å². The van der Waals surface area contributed by atoms with E-state index in [1.807, 2.05) is 0 Å². The van der Waals surface area contributed by atoms with Crippen molar-refractivity contribution in [3.05, 3.63) is 29.8 Å². The Morgan fingerprint density at radius 1 is 1.47 bits per heavy atom. The van der Waals surface area contributed by atoms with Gasteiger partial charge in [-0.05, 0) is 26.0 Å². The SMILES string of the molecule is CC(C)(S)C(N=Cc1ccccc1O)C(=O)O. The number of hydrogen-bond acceptors (Lipinski definition) is 4. The average Bonchev–Trinajstić information content (AvgIpc) is 2.18. The Morgan fingerprint density at radius 3 is 2.53 bits per heavy atom. The van der Waals surface area contributed by atoms with Crippen LogP contribution in [0.25, 0.3) is 0 Å². The van der Waals surface area contributed by atoms with Crippen LogP contribution < -0.4 is 0 Å². The summed E-state index contributed by atoms with van der Waals surface area (Å²) in [4.78, 5) is 15.0. The molecule has 1 rings (SSSR count).